The minimum atomic E-state index is -0.894. The summed E-state index contributed by atoms with van der Waals surface area (Å²) in [5.41, 5.74) is 1.33. The van der Waals surface area contributed by atoms with E-state index >= 15 is 0 Å². The van der Waals surface area contributed by atoms with E-state index in [9.17, 15) is 4.79 Å². The number of hydrogen-bond donors (Lipinski definition) is 1. The summed E-state index contributed by atoms with van der Waals surface area (Å²) in [7, 11) is 0. The zero-order valence-electron chi connectivity index (χ0n) is 14.7. The number of hydrogen-bond acceptors (Lipinski definition) is 5. The van der Waals surface area contributed by atoms with Gasteiger partial charge in [0.15, 0.2) is 11.0 Å². The number of aromatic nitrogens is 3. The van der Waals surface area contributed by atoms with Gasteiger partial charge in [-0.1, -0.05) is 50.7 Å². The summed E-state index contributed by atoms with van der Waals surface area (Å²) in [5, 5.41) is 17.5. The van der Waals surface area contributed by atoms with Gasteiger partial charge in [-0.15, -0.1) is 16.8 Å². The molecule has 6 nitrogen and oxygen atoms in total. The number of rotatable bonds is 8. The number of carbonyl (C=O) groups is 1. The smallest absolute Gasteiger partial charge is 0.313 e. The molecule has 7 heteroatoms. The van der Waals surface area contributed by atoms with E-state index in [-0.39, 0.29) is 17.8 Å². The number of carboxylic acid groups (broad SMARTS) is 1. The first-order chi connectivity index (χ1) is 11.8. The molecule has 1 aromatic carbocycles. The van der Waals surface area contributed by atoms with Crippen molar-refractivity contribution < 1.29 is 14.6 Å². The number of aliphatic carboxylic acids is 1. The minimum Gasteiger partial charge on any atom is -0.486 e. The molecule has 0 radical (unpaired) electrons. The normalized spacial score (nSPS) is 11.3. The topological polar surface area (TPSA) is 77.2 Å². The number of carboxylic acids is 1. The van der Waals surface area contributed by atoms with Crippen LogP contribution in [0.25, 0.3) is 0 Å². The highest BCUT2D eigenvalue weighted by molar-refractivity contribution is 7.99. The van der Waals surface area contributed by atoms with Crippen molar-refractivity contribution in [1.82, 2.24) is 14.8 Å². The molecule has 2 aromatic rings. The van der Waals surface area contributed by atoms with Crippen molar-refractivity contribution in [2.24, 2.45) is 0 Å². The molecule has 0 atom stereocenters. The Morgan fingerprint density at radius 1 is 1.32 bits per heavy atom. The third kappa shape index (κ3) is 5.35. The molecule has 1 heterocycles. The molecule has 0 fully saturated rings. The van der Waals surface area contributed by atoms with Crippen LogP contribution in [-0.2, 0) is 23.4 Å². The Morgan fingerprint density at radius 2 is 2.00 bits per heavy atom. The van der Waals surface area contributed by atoms with E-state index in [1.807, 2.05) is 16.7 Å². The summed E-state index contributed by atoms with van der Waals surface area (Å²) in [5.74, 6) is 0.424. The lowest BCUT2D eigenvalue weighted by atomic mass is 9.87. The number of benzene rings is 1. The Balaban J connectivity index is 2.06. The summed E-state index contributed by atoms with van der Waals surface area (Å²) >= 11 is 1.13. The first-order valence-corrected chi connectivity index (χ1v) is 8.90. The van der Waals surface area contributed by atoms with E-state index in [1.165, 1.54) is 5.56 Å². The molecule has 0 saturated heterocycles. The highest BCUT2D eigenvalue weighted by Crippen LogP contribution is 2.25. The van der Waals surface area contributed by atoms with Gasteiger partial charge >= 0.3 is 5.97 Å². The largest absolute Gasteiger partial charge is 0.486 e. The number of nitrogens with zero attached hydrogens (tertiary/aromatic N) is 3. The monoisotopic (exact) mass is 361 g/mol. The summed E-state index contributed by atoms with van der Waals surface area (Å²) in [6.45, 7) is 11.0. The lowest BCUT2D eigenvalue weighted by molar-refractivity contribution is -0.133. The van der Waals surface area contributed by atoms with Gasteiger partial charge in [0.05, 0.1) is 5.75 Å². The van der Waals surface area contributed by atoms with Crippen LogP contribution in [0.2, 0.25) is 0 Å². The fourth-order valence-corrected chi connectivity index (χ4v) is 2.86. The van der Waals surface area contributed by atoms with Crippen LogP contribution in [0.15, 0.2) is 42.1 Å². The predicted octanol–water partition coefficient (Wildman–Crippen LogP) is 3.52. The summed E-state index contributed by atoms with van der Waals surface area (Å²) in [6.07, 6.45) is 1.72. The molecule has 134 valence electrons. The molecule has 0 bridgehead atoms. The maximum absolute atomic E-state index is 10.7. The Hall–Kier alpha value is -2.28. The average molecular weight is 361 g/mol. The van der Waals surface area contributed by atoms with Crippen molar-refractivity contribution >= 4 is 17.7 Å². The fraction of sp³-hybridized carbons (Fsp3) is 0.389. The van der Waals surface area contributed by atoms with Crippen molar-refractivity contribution in [3.63, 3.8) is 0 Å². The molecule has 0 unspecified atom stereocenters. The van der Waals surface area contributed by atoms with Crippen LogP contribution in [0.4, 0.5) is 0 Å². The molecule has 0 aliphatic rings. The first-order valence-electron chi connectivity index (χ1n) is 7.92. The minimum absolute atomic E-state index is 0.0651. The van der Waals surface area contributed by atoms with E-state index in [4.69, 9.17) is 9.84 Å². The molecule has 0 saturated carbocycles. The molecule has 1 aromatic heterocycles. The van der Waals surface area contributed by atoms with Crippen LogP contribution in [0.3, 0.4) is 0 Å². The molecule has 0 spiro atoms. The molecule has 0 aliphatic carbocycles. The molecular formula is C18H23N3O3S. The second-order valence-corrected chi connectivity index (χ2v) is 7.49. The second-order valence-electron chi connectivity index (χ2n) is 6.54. The van der Waals surface area contributed by atoms with Gasteiger partial charge in [-0.2, -0.15) is 0 Å². The molecule has 0 aliphatic heterocycles. The van der Waals surface area contributed by atoms with Crippen molar-refractivity contribution in [3.05, 3.63) is 48.3 Å². The van der Waals surface area contributed by atoms with Crippen LogP contribution in [0, 0.1) is 0 Å². The van der Waals surface area contributed by atoms with Gasteiger partial charge in [-0.3, -0.25) is 9.36 Å². The van der Waals surface area contributed by atoms with Crippen molar-refractivity contribution in [2.75, 3.05) is 5.75 Å². The van der Waals surface area contributed by atoms with Gasteiger partial charge in [0.25, 0.3) is 0 Å². The van der Waals surface area contributed by atoms with Gasteiger partial charge in [0, 0.05) is 6.54 Å². The standard InChI is InChI=1S/C18H23N3O3S/c1-5-10-21-15(19-20-17(21)25-12-16(22)23)11-24-14-8-6-13(7-9-14)18(2,3)4/h5-9H,1,10-12H2,2-4H3,(H,22,23). The highest BCUT2D eigenvalue weighted by atomic mass is 32.2. The third-order valence-corrected chi connectivity index (χ3v) is 4.47. The van der Waals surface area contributed by atoms with Gasteiger partial charge in [0.2, 0.25) is 0 Å². The zero-order valence-corrected chi connectivity index (χ0v) is 15.5. The quantitative estimate of drug-likeness (QED) is 0.573. The third-order valence-electron chi connectivity index (χ3n) is 3.52. The Labute approximate surface area is 151 Å². The zero-order chi connectivity index (χ0) is 18.4. The van der Waals surface area contributed by atoms with Gasteiger partial charge in [0.1, 0.15) is 12.4 Å². The van der Waals surface area contributed by atoms with E-state index in [2.05, 4.69) is 49.7 Å². The molecule has 25 heavy (non-hydrogen) atoms. The summed E-state index contributed by atoms with van der Waals surface area (Å²) in [6, 6.07) is 7.99. The SMILES string of the molecule is C=CCn1c(COc2ccc(C(C)(C)C)cc2)nnc1SCC(=O)O. The highest BCUT2D eigenvalue weighted by Gasteiger charge is 2.15. The maximum atomic E-state index is 10.7. The lowest BCUT2D eigenvalue weighted by Gasteiger charge is -2.19. The first kappa shape index (κ1) is 19.1. The van der Waals surface area contributed by atoms with Crippen LogP contribution < -0.4 is 4.74 Å². The van der Waals surface area contributed by atoms with Gasteiger partial charge in [-0.25, -0.2) is 0 Å². The fourth-order valence-electron chi connectivity index (χ4n) is 2.17. The Morgan fingerprint density at radius 3 is 2.56 bits per heavy atom. The molecule has 2 rings (SSSR count). The number of ether oxygens (including phenoxy) is 1. The van der Waals surface area contributed by atoms with E-state index in [0.717, 1.165) is 17.5 Å². The Bertz CT molecular complexity index is 733. The van der Waals surface area contributed by atoms with Gasteiger partial charge < -0.3 is 9.84 Å². The lowest BCUT2D eigenvalue weighted by Crippen LogP contribution is -2.11. The number of allylic oxidation sites excluding steroid dienone is 1. The van der Waals surface area contributed by atoms with Crippen molar-refractivity contribution in [3.8, 4) is 5.75 Å². The van der Waals surface area contributed by atoms with Crippen LogP contribution in [0.5, 0.6) is 5.75 Å². The van der Waals surface area contributed by atoms with Crippen LogP contribution in [0.1, 0.15) is 32.2 Å². The van der Waals surface area contributed by atoms with Crippen molar-refractivity contribution in [2.45, 2.75) is 44.5 Å². The average Bonchev–Trinajstić information content (AvgIpc) is 2.93. The summed E-state index contributed by atoms with van der Waals surface area (Å²) in [4.78, 5) is 10.7. The molecular weight excluding hydrogens is 338 g/mol. The maximum Gasteiger partial charge on any atom is 0.313 e. The second kappa shape index (κ2) is 8.20. The van der Waals surface area contributed by atoms with E-state index < -0.39 is 5.97 Å². The number of thioether (sulfide) groups is 1. The molecule has 0 amide bonds. The van der Waals surface area contributed by atoms with Gasteiger partial charge in [-0.05, 0) is 23.1 Å². The van der Waals surface area contributed by atoms with Crippen LogP contribution in [-0.4, -0.2) is 31.6 Å². The van der Waals surface area contributed by atoms with Crippen LogP contribution >= 0.6 is 11.8 Å². The predicted molar refractivity (Wildman–Crippen MR) is 98.1 cm³/mol. The molecule has 1 N–H and O–H groups in total. The summed E-state index contributed by atoms with van der Waals surface area (Å²) < 4.78 is 7.61. The van der Waals surface area contributed by atoms with E-state index in [1.54, 1.807) is 6.08 Å². The van der Waals surface area contributed by atoms with Crippen molar-refractivity contribution in [1.29, 1.82) is 0 Å². The Kier molecular flexibility index (Phi) is 6.25. The van der Waals surface area contributed by atoms with E-state index in [0.29, 0.717) is 17.5 Å².